The fraction of sp³-hybridized carbons (Fsp3) is 0.909. The third kappa shape index (κ3) is 7.33. The molecule has 17 heavy (non-hydrogen) atoms. The van der Waals surface area contributed by atoms with Gasteiger partial charge in [-0.2, -0.15) is 0 Å². The summed E-state index contributed by atoms with van der Waals surface area (Å²) in [6, 6.07) is 0. The average molecular weight is 265 g/mol. The van der Waals surface area contributed by atoms with Gasteiger partial charge in [0.25, 0.3) is 0 Å². The average Bonchev–Trinajstić information content (AvgIpc) is 2.27. The van der Waals surface area contributed by atoms with Crippen LogP contribution in [0.2, 0.25) is 0 Å². The topological polar surface area (TPSA) is 63.7 Å². The number of carbonyl (C=O) groups excluding carboxylic acids is 1. The van der Waals surface area contributed by atoms with Crippen LogP contribution in [0.4, 0.5) is 0 Å². The summed E-state index contributed by atoms with van der Waals surface area (Å²) in [4.78, 5) is 13.1. The minimum Gasteiger partial charge on any atom is -0.469 e. The lowest BCUT2D eigenvalue weighted by Crippen LogP contribution is -2.31. The largest absolute Gasteiger partial charge is 0.469 e. The minimum atomic E-state index is -2.88. The molecule has 0 rings (SSSR count). The smallest absolute Gasteiger partial charge is 0.309 e. The molecule has 0 fully saturated rings. The summed E-state index contributed by atoms with van der Waals surface area (Å²) in [5.74, 6) is -0.0266. The van der Waals surface area contributed by atoms with Gasteiger partial charge in [0.05, 0.1) is 18.8 Å². The Balaban J connectivity index is 3.88. The zero-order valence-corrected chi connectivity index (χ0v) is 11.9. The predicted octanol–water partition coefficient (Wildman–Crippen LogP) is 0.552. The van der Waals surface area contributed by atoms with Crippen molar-refractivity contribution in [1.29, 1.82) is 0 Å². The third-order valence-electron chi connectivity index (χ3n) is 2.62. The van der Waals surface area contributed by atoms with Crippen molar-refractivity contribution in [1.82, 2.24) is 4.90 Å². The molecule has 0 spiro atoms. The number of methoxy groups -OCH3 is 1. The van der Waals surface area contributed by atoms with E-state index in [0.29, 0.717) is 19.5 Å². The van der Waals surface area contributed by atoms with Crippen molar-refractivity contribution in [2.75, 3.05) is 38.8 Å². The molecule has 0 amide bonds. The Morgan fingerprint density at radius 3 is 2.47 bits per heavy atom. The molecule has 0 heterocycles. The summed E-state index contributed by atoms with van der Waals surface area (Å²) in [5.41, 5.74) is 0. The monoisotopic (exact) mass is 265 g/mol. The first-order chi connectivity index (χ1) is 7.82. The van der Waals surface area contributed by atoms with Gasteiger partial charge in [0, 0.05) is 12.3 Å². The van der Waals surface area contributed by atoms with Gasteiger partial charge in [-0.25, -0.2) is 8.42 Å². The van der Waals surface area contributed by atoms with Crippen molar-refractivity contribution in [3.8, 4) is 0 Å². The number of ether oxygens (including phenoxy) is 1. The number of hydrogen-bond acceptors (Lipinski definition) is 5. The van der Waals surface area contributed by atoms with Crippen LogP contribution in [-0.2, 0) is 19.4 Å². The maximum absolute atomic E-state index is 11.3. The second-order valence-electron chi connectivity index (χ2n) is 4.28. The molecule has 0 saturated heterocycles. The van der Waals surface area contributed by atoms with Gasteiger partial charge in [-0.1, -0.05) is 13.8 Å². The van der Waals surface area contributed by atoms with Crippen LogP contribution >= 0.6 is 0 Å². The van der Waals surface area contributed by atoms with Gasteiger partial charge in [-0.15, -0.1) is 0 Å². The summed E-state index contributed by atoms with van der Waals surface area (Å²) >= 11 is 0. The van der Waals surface area contributed by atoms with Gasteiger partial charge in [0.1, 0.15) is 9.84 Å². The maximum atomic E-state index is 11.3. The number of sulfone groups is 1. The fourth-order valence-corrected chi connectivity index (χ4v) is 2.39. The Morgan fingerprint density at radius 1 is 1.41 bits per heavy atom. The normalized spacial score (nSPS) is 13.7. The standard InChI is InChI=1S/C11H23NO4S/c1-5-17(14,15)8-6-7-12(3)9-10(2)11(13)16-4/h10H,5-9H2,1-4H3. The molecule has 1 atom stereocenters. The lowest BCUT2D eigenvalue weighted by Gasteiger charge is -2.19. The van der Waals surface area contributed by atoms with E-state index < -0.39 is 9.84 Å². The van der Waals surface area contributed by atoms with Gasteiger partial charge in [0.15, 0.2) is 0 Å². The molecule has 1 unspecified atom stereocenters. The van der Waals surface area contributed by atoms with E-state index >= 15 is 0 Å². The first-order valence-corrected chi connectivity index (χ1v) is 7.61. The molecule has 0 aliphatic carbocycles. The van der Waals surface area contributed by atoms with Crippen molar-refractivity contribution in [3.05, 3.63) is 0 Å². The van der Waals surface area contributed by atoms with Crippen LogP contribution in [0.25, 0.3) is 0 Å². The second-order valence-corrected chi connectivity index (χ2v) is 6.75. The SMILES string of the molecule is CCS(=O)(=O)CCCN(C)CC(C)C(=O)OC. The van der Waals surface area contributed by atoms with E-state index in [1.807, 2.05) is 11.9 Å². The molecule has 0 aromatic rings. The van der Waals surface area contributed by atoms with E-state index in [2.05, 4.69) is 4.74 Å². The van der Waals surface area contributed by atoms with Gasteiger partial charge >= 0.3 is 5.97 Å². The minimum absolute atomic E-state index is 0.187. The number of hydrogen-bond donors (Lipinski definition) is 0. The molecule has 0 aromatic carbocycles. The molecule has 0 aliphatic heterocycles. The summed E-state index contributed by atoms with van der Waals surface area (Å²) < 4.78 is 27.2. The van der Waals surface area contributed by atoms with Crippen molar-refractivity contribution in [3.63, 3.8) is 0 Å². The Morgan fingerprint density at radius 2 is 2.00 bits per heavy atom. The Hall–Kier alpha value is -0.620. The highest BCUT2D eigenvalue weighted by Crippen LogP contribution is 2.02. The van der Waals surface area contributed by atoms with E-state index in [0.717, 1.165) is 0 Å². The van der Waals surface area contributed by atoms with Crippen LogP contribution < -0.4 is 0 Å². The first kappa shape index (κ1) is 16.4. The summed E-state index contributed by atoms with van der Waals surface area (Å²) in [5, 5.41) is 0. The molecule has 0 radical (unpaired) electrons. The highest BCUT2D eigenvalue weighted by molar-refractivity contribution is 7.91. The van der Waals surface area contributed by atoms with Crippen LogP contribution in [0.3, 0.4) is 0 Å². The van der Waals surface area contributed by atoms with Crippen LogP contribution in [0.5, 0.6) is 0 Å². The number of carbonyl (C=O) groups is 1. The second kappa shape index (κ2) is 7.66. The van der Waals surface area contributed by atoms with Gasteiger partial charge in [-0.05, 0) is 20.0 Å². The van der Waals surface area contributed by atoms with E-state index in [9.17, 15) is 13.2 Å². The van der Waals surface area contributed by atoms with Gasteiger partial charge < -0.3 is 9.64 Å². The van der Waals surface area contributed by atoms with Crippen molar-refractivity contribution >= 4 is 15.8 Å². The quantitative estimate of drug-likeness (QED) is 0.600. The van der Waals surface area contributed by atoms with Crippen molar-refractivity contribution < 1.29 is 17.9 Å². The molecule has 0 N–H and O–H groups in total. The van der Waals surface area contributed by atoms with Crippen molar-refractivity contribution in [2.45, 2.75) is 20.3 Å². The van der Waals surface area contributed by atoms with E-state index in [-0.39, 0.29) is 23.4 Å². The molecule has 0 aliphatic rings. The molecule has 102 valence electrons. The fourth-order valence-electron chi connectivity index (χ4n) is 1.53. The molecular formula is C11H23NO4S. The van der Waals surface area contributed by atoms with Gasteiger partial charge in [-0.3, -0.25) is 4.79 Å². The van der Waals surface area contributed by atoms with Crippen LogP contribution in [0, 0.1) is 5.92 Å². The number of rotatable bonds is 8. The lowest BCUT2D eigenvalue weighted by atomic mass is 10.2. The van der Waals surface area contributed by atoms with Gasteiger partial charge in [0.2, 0.25) is 0 Å². The first-order valence-electron chi connectivity index (χ1n) is 5.79. The maximum Gasteiger partial charge on any atom is 0.309 e. The van der Waals surface area contributed by atoms with Crippen LogP contribution in [0.15, 0.2) is 0 Å². The van der Waals surface area contributed by atoms with E-state index in [4.69, 9.17) is 0 Å². The van der Waals surface area contributed by atoms with E-state index in [1.54, 1.807) is 13.8 Å². The summed E-state index contributed by atoms with van der Waals surface area (Å²) in [6.07, 6.45) is 0.598. The molecular weight excluding hydrogens is 242 g/mol. The van der Waals surface area contributed by atoms with E-state index in [1.165, 1.54) is 7.11 Å². The third-order valence-corrected chi connectivity index (χ3v) is 4.41. The summed E-state index contributed by atoms with van der Waals surface area (Å²) in [6.45, 7) is 4.70. The molecule has 0 aromatic heterocycles. The highest BCUT2D eigenvalue weighted by Gasteiger charge is 2.15. The molecule has 0 bridgehead atoms. The predicted molar refractivity (Wildman–Crippen MR) is 67.6 cm³/mol. The molecule has 0 saturated carbocycles. The Bertz CT molecular complexity index is 326. The molecule has 5 nitrogen and oxygen atoms in total. The Kier molecular flexibility index (Phi) is 7.38. The zero-order chi connectivity index (χ0) is 13.5. The van der Waals surface area contributed by atoms with Crippen LogP contribution in [0.1, 0.15) is 20.3 Å². The zero-order valence-electron chi connectivity index (χ0n) is 11.1. The van der Waals surface area contributed by atoms with Crippen molar-refractivity contribution in [2.24, 2.45) is 5.92 Å². The Labute approximate surface area is 104 Å². The lowest BCUT2D eigenvalue weighted by molar-refractivity contribution is -0.145. The summed E-state index contributed by atoms with van der Waals surface area (Å²) in [7, 11) is 0.358. The number of nitrogens with zero attached hydrogens (tertiary/aromatic N) is 1. The number of esters is 1. The van der Waals surface area contributed by atoms with Crippen LogP contribution in [-0.4, -0.2) is 58.0 Å². The highest BCUT2D eigenvalue weighted by atomic mass is 32.2. The molecule has 6 heteroatoms.